The minimum Gasteiger partial charge on any atom is -0.438 e. The third kappa shape index (κ3) is 4.72. The van der Waals surface area contributed by atoms with Gasteiger partial charge in [-0.25, -0.2) is 9.97 Å². The summed E-state index contributed by atoms with van der Waals surface area (Å²) in [6.07, 6.45) is 3.36. The Balaban J connectivity index is 1.32. The van der Waals surface area contributed by atoms with Crippen molar-refractivity contribution in [3.8, 4) is 33.3 Å². The zero-order valence-electron chi connectivity index (χ0n) is 18.7. The van der Waals surface area contributed by atoms with E-state index in [0.717, 1.165) is 32.9 Å². The standard InChI is InChI=1S/C26H22N6OS/c1-16-12-23(34-15-16)22-13-17(2)25(32-31-22)30-19-5-7-20(8-6-19)33-26-21(4-3-10-29-26)18-9-11-28-24(27)14-18/h3-15H,1-2H3,(H2,27,28)(H,30,32). The van der Waals surface area contributed by atoms with Gasteiger partial charge in [0.15, 0.2) is 5.82 Å². The van der Waals surface area contributed by atoms with Crippen LogP contribution in [0.4, 0.5) is 17.3 Å². The minimum absolute atomic E-state index is 0.444. The second-order valence-electron chi connectivity index (χ2n) is 7.83. The lowest BCUT2D eigenvalue weighted by Crippen LogP contribution is -1.99. The quantitative estimate of drug-likeness (QED) is 0.299. The molecule has 0 spiro atoms. The first kappa shape index (κ1) is 21.5. The number of thiophene rings is 1. The van der Waals surface area contributed by atoms with Crippen molar-refractivity contribution in [1.29, 1.82) is 0 Å². The van der Waals surface area contributed by atoms with Crippen molar-refractivity contribution in [3.63, 3.8) is 0 Å². The number of benzene rings is 1. The maximum Gasteiger partial charge on any atom is 0.227 e. The highest BCUT2D eigenvalue weighted by atomic mass is 32.1. The van der Waals surface area contributed by atoms with Gasteiger partial charge in [0.05, 0.1) is 4.88 Å². The molecule has 5 rings (SSSR count). The second kappa shape index (κ2) is 9.29. The first-order chi connectivity index (χ1) is 16.5. The summed E-state index contributed by atoms with van der Waals surface area (Å²) in [6.45, 7) is 4.10. The van der Waals surface area contributed by atoms with Gasteiger partial charge in [0, 0.05) is 23.6 Å². The number of nitrogens with zero attached hydrogens (tertiary/aromatic N) is 4. The van der Waals surface area contributed by atoms with Crippen molar-refractivity contribution in [2.24, 2.45) is 0 Å². The van der Waals surface area contributed by atoms with Crippen molar-refractivity contribution in [2.45, 2.75) is 13.8 Å². The summed E-state index contributed by atoms with van der Waals surface area (Å²) < 4.78 is 6.07. The molecule has 0 fully saturated rings. The van der Waals surface area contributed by atoms with E-state index in [2.05, 4.69) is 43.9 Å². The van der Waals surface area contributed by atoms with Gasteiger partial charge < -0.3 is 15.8 Å². The lowest BCUT2D eigenvalue weighted by atomic mass is 10.1. The fraction of sp³-hybridized carbons (Fsp3) is 0.0769. The second-order valence-corrected chi connectivity index (χ2v) is 8.74. The van der Waals surface area contributed by atoms with Crippen LogP contribution in [-0.2, 0) is 0 Å². The monoisotopic (exact) mass is 466 g/mol. The number of ether oxygens (including phenoxy) is 1. The van der Waals surface area contributed by atoms with Crippen molar-refractivity contribution in [1.82, 2.24) is 20.2 Å². The molecule has 0 unspecified atom stereocenters. The highest BCUT2D eigenvalue weighted by Crippen LogP contribution is 2.33. The maximum atomic E-state index is 6.07. The molecule has 0 aliphatic rings. The van der Waals surface area contributed by atoms with E-state index < -0.39 is 0 Å². The highest BCUT2D eigenvalue weighted by molar-refractivity contribution is 7.13. The summed E-state index contributed by atoms with van der Waals surface area (Å²) in [4.78, 5) is 9.57. The number of rotatable bonds is 6. The van der Waals surface area contributed by atoms with E-state index in [1.165, 1.54) is 5.56 Å². The van der Waals surface area contributed by atoms with E-state index >= 15 is 0 Å². The molecule has 1 aromatic carbocycles. The van der Waals surface area contributed by atoms with E-state index in [-0.39, 0.29) is 0 Å². The Labute approximate surface area is 201 Å². The van der Waals surface area contributed by atoms with Crippen LogP contribution in [0.5, 0.6) is 11.6 Å². The normalized spacial score (nSPS) is 10.8. The zero-order valence-corrected chi connectivity index (χ0v) is 19.5. The molecule has 0 saturated carbocycles. The van der Waals surface area contributed by atoms with E-state index in [4.69, 9.17) is 10.5 Å². The molecular formula is C26H22N6OS. The SMILES string of the molecule is Cc1csc(-c2cc(C)c(Nc3ccc(Oc4ncccc4-c4ccnc(N)c4)cc3)nn2)c1. The summed E-state index contributed by atoms with van der Waals surface area (Å²) in [7, 11) is 0. The molecule has 7 nitrogen and oxygen atoms in total. The largest absolute Gasteiger partial charge is 0.438 e. The molecule has 0 atom stereocenters. The van der Waals surface area contributed by atoms with Gasteiger partial charge in [0.25, 0.3) is 0 Å². The van der Waals surface area contributed by atoms with Crippen molar-refractivity contribution < 1.29 is 4.74 Å². The first-order valence-corrected chi connectivity index (χ1v) is 11.5. The molecule has 4 heterocycles. The lowest BCUT2D eigenvalue weighted by molar-refractivity contribution is 0.465. The average molecular weight is 467 g/mol. The molecular weight excluding hydrogens is 444 g/mol. The van der Waals surface area contributed by atoms with Crippen LogP contribution in [-0.4, -0.2) is 20.2 Å². The van der Waals surface area contributed by atoms with Gasteiger partial charge in [-0.2, -0.15) is 0 Å². The third-order valence-electron chi connectivity index (χ3n) is 5.16. The van der Waals surface area contributed by atoms with Gasteiger partial charge in [-0.05, 0) is 96.6 Å². The molecule has 0 bridgehead atoms. The highest BCUT2D eigenvalue weighted by Gasteiger charge is 2.11. The summed E-state index contributed by atoms with van der Waals surface area (Å²) in [5.74, 6) is 2.32. The van der Waals surface area contributed by atoms with Gasteiger partial charge in [-0.1, -0.05) is 0 Å². The van der Waals surface area contributed by atoms with Crippen molar-refractivity contribution in [2.75, 3.05) is 11.1 Å². The van der Waals surface area contributed by atoms with Crippen LogP contribution >= 0.6 is 11.3 Å². The molecule has 0 amide bonds. The average Bonchev–Trinajstić information content (AvgIpc) is 3.28. The number of aryl methyl sites for hydroxylation is 2. The van der Waals surface area contributed by atoms with E-state index in [1.54, 1.807) is 29.8 Å². The Hall–Kier alpha value is -4.30. The van der Waals surface area contributed by atoms with Crippen molar-refractivity contribution in [3.05, 3.63) is 89.6 Å². The molecule has 5 aromatic rings. The summed E-state index contributed by atoms with van der Waals surface area (Å²) >= 11 is 1.67. The predicted molar refractivity (Wildman–Crippen MR) is 136 cm³/mol. The van der Waals surface area contributed by atoms with Crippen LogP contribution in [0.1, 0.15) is 11.1 Å². The van der Waals surface area contributed by atoms with Crippen LogP contribution in [0.25, 0.3) is 21.7 Å². The van der Waals surface area contributed by atoms with Gasteiger partial charge in [-0.3, -0.25) is 0 Å². The first-order valence-electron chi connectivity index (χ1n) is 10.7. The Morgan fingerprint density at radius 1 is 0.912 bits per heavy atom. The maximum absolute atomic E-state index is 6.07. The molecule has 0 aliphatic carbocycles. The van der Waals surface area contributed by atoms with Crippen LogP contribution < -0.4 is 15.8 Å². The predicted octanol–water partition coefficient (Wildman–Crippen LogP) is 6.40. The minimum atomic E-state index is 0.444. The fourth-order valence-electron chi connectivity index (χ4n) is 3.46. The van der Waals surface area contributed by atoms with Gasteiger partial charge in [0.2, 0.25) is 5.88 Å². The number of aromatic nitrogens is 4. The van der Waals surface area contributed by atoms with Crippen LogP contribution in [0, 0.1) is 13.8 Å². The van der Waals surface area contributed by atoms with Crippen molar-refractivity contribution >= 4 is 28.7 Å². The molecule has 168 valence electrons. The Morgan fingerprint density at radius 3 is 2.50 bits per heavy atom. The number of hydrogen-bond acceptors (Lipinski definition) is 8. The Bertz CT molecular complexity index is 1450. The van der Waals surface area contributed by atoms with E-state index in [1.807, 2.05) is 55.5 Å². The lowest BCUT2D eigenvalue weighted by Gasteiger charge is -2.12. The molecule has 3 N–H and O–H groups in total. The number of nitrogens with two attached hydrogens (primary N) is 1. The van der Waals surface area contributed by atoms with Gasteiger partial charge in [0.1, 0.15) is 17.3 Å². The Morgan fingerprint density at radius 2 is 1.76 bits per heavy atom. The fourth-order valence-corrected chi connectivity index (χ4v) is 4.31. The summed E-state index contributed by atoms with van der Waals surface area (Å²) in [6, 6.07) is 19.3. The Kier molecular flexibility index (Phi) is 5.88. The molecule has 34 heavy (non-hydrogen) atoms. The topological polar surface area (TPSA) is 98.8 Å². The van der Waals surface area contributed by atoms with E-state index in [9.17, 15) is 0 Å². The molecule has 0 radical (unpaired) electrons. The summed E-state index contributed by atoms with van der Waals surface area (Å²) in [5.41, 5.74) is 11.6. The number of nitrogens with one attached hydrogen (secondary N) is 1. The van der Waals surface area contributed by atoms with Crippen LogP contribution in [0.3, 0.4) is 0 Å². The molecule has 0 aliphatic heterocycles. The number of pyridine rings is 2. The molecule has 0 saturated heterocycles. The number of anilines is 3. The van der Waals surface area contributed by atoms with Gasteiger partial charge in [-0.15, -0.1) is 21.5 Å². The van der Waals surface area contributed by atoms with Crippen LogP contribution in [0.15, 0.2) is 78.4 Å². The molecule has 8 heteroatoms. The number of nitrogen functional groups attached to an aromatic ring is 1. The van der Waals surface area contributed by atoms with Crippen LogP contribution in [0.2, 0.25) is 0 Å². The summed E-state index contributed by atoms with van der Waals surface area (Å²) in [5, 5.41) is 14.2. The molecule has 4 aromatic heterocycles. The van der Waals surface area contributed by atoms with E-state index in [0.29, 0.717) is 23.3 Å². The van der Waals surface area contributed by atoms with Gasteiger partial charge >= 0.3 is 0 Å². The zero-order chi connectivity index (χ0) is 23.5. The smallest absolute Gasteiger partial charge is 0.227 e. The number of hydrogen-bond donors (Lipinski definition) is 2. The third-order valence-corrected chi connectivity index (χ3v) is 6.23.